The number of rotatable bonds is 7. The molecule has 8 heteroatoms. The van der Waals surface area contributed by atoms with Crippen molar-refractivity contribution in [2.45, 2.75) is 19.4 Å². The first-order chi connectivity index (χ1) is 15.6. The molecule has 32 heavy (non-hydrogen) atoms. The first kappa shape index (κ1) is 21.9. The van der Waals surface area contributed by atoms with E-state index in [-0.39, 0.29) is 6.61 Å². The lowest BCUT2D eigenvalue weighted by atomic mass is 10.0. The van der Waals surface area contributed by atoms with Crippen LogP contribution in [-0.2, 0) is 6.54 Å². The van der Waals surface area contributed by atoms with Crippen molar-refractivity contribution in [3.63, 3.8) is 0 Å². The number of fused-ring (bicyclic) bond motifs is 1. The van der Waals surface area contributed by atoms with Crippen LogP contribution in [0.2, 0.25) is 5.02 Å². The van der Waals surface area contributed by atoms with Crippen LogP contribution in [0.1, 0.15) is 18.4 Å². The molecule has 0 fully saturated rings. The van der Waals surface area contributed by atoms with Crippen molar-refractivity contribution >= 4 is 39.7 Å². The summed E-state index contributed by atoms with van der Waals surface area (Å²) in [4.78, 5) is 5.76. The molecule has 0 saturated carbocycles. The maximum absolute atomic E-state index is 9.18. The van der Waals surface area contributed by atoms with Gasteiger partial charge in [-0.25, -0.2) is 4.85 Å². The van der Waals surface area contributed by atoms with Crippen molar-refractivity contribution < 1.29 is 9.84 Å². The van der Waals surface area contributed by atoms with Crippen LogP contribution in [0.15, 0.2) is 48.0 Å². The Hall–Kier alpha value is -3.34. The summed E-state index contributed by atoms with van der Waals surface area (Å²) < 4.78 is 5.21. The lowest BCUT2D eigenvalue weighted by molar-refractivity contribution is 0.297. The first-order valence-corrected chi connectivity index (χ1v) is 10.8. The van der Waals surface area contributed by atoms with Gasteiger partial charge >= 0.3 is 0 Å². The molecule has 1 aromatic heterocycles. The van der Waals surface area contributed by atoms with Crippen LogP contribution in [0.3, 0.4) is 0 Å². The molecule has 0 spiro atoms. The number of hydrogen-bond donors (Lipinski definition) is 2. The topological polar surface area (TPSA) is 74.9 Å². The largest absolute Gasteiger partial charge is 0.495 e. The van der Waals surface area contributed by atoms with Crippen LogP contribution in [-0.4, -0.2) is 42.1 Å². The van der Waals surface area contributed by atoms with Crippen molar-refractivity contribution in [1.82, 2.24) is 10.2 Å². The Balaban J connectivity index is 1.63. The van der Waals surface area contributed by atoms with Gasteiger partial charge in [-0.05, 0) is 36.6 Å². The van der Waals surface area contributed by atoms with Crippen LogP contribution in [0.5, 0.6) is 5.75 Å². The molecule has 0 unspecified atom stereocenters. The van der Waals surface area contributed by atoms with Crippen molar-refractivity contribution in [3.05, 3.63) is 70.1 Å². The van der Waals surface area contributed by atoms with E-state index in [9.17, 15) is 5.11 Å². The Labute approximate surface area is 192 Å². The summed E-state index contributed by atoms with van der Waals surface area (Å²) in [6.07, 6.45) is 3.76. The number of anilines is 2. The number of methoxy groups -OCH3 is 1. The highest BCUT2D eigenvalue weighted by Gasteiger charge is 2.18. The summed E-state index contributed by atoms with van der Waals surface area (Å²) in [5, 5.41) is 23.8. The summed E-state index contributed by atoms with van der Waals surface area (Å²) in [6.45, 7) is 9.62. The number of aliphatic hydroxyl groups is 1. The van der Waals surface area contributed by atoms with Crippen LogP contribution in [0.4, 0.5) is 17.3 Å². The zero-order valence-electron chi connectivity index (χ0n) is 17.8. The van der Waals surface area contributed by atoms with Gasteiger partial charge < -0.3 is 20.1 Å². The molecule has 2 aromatic carbocycles. The first-order valence-electron chi connectivity index (χ1n) is 10.4. The van der Waals surface area contributed by atoms with Crippen LogP contribution in [0, 0.1) is 6.57 Å². The third-order valence-electron chi connectivity index (χ3n) is 5.58. The highest BCUT2D eigenvalue weighted by atomic mass is 35.5. The van der Waals surface area contributed by atoms with E-state index >= 15 is 0 Å². The minimum Gasteiger partial charge on any atom is -0.495 e. The molecule has 7 nitrogen and oxygen atoms in total. The second kappa shape index (κ2) is 9.86. The van der Waals surface area contributed by atoms with E-state index in [0.717, 1.165) is 41.7 Å². The lowest BCUT2D eigenvalue weighted by Gasteiger charge is -2.28. The Kier molecular flexibility index (Phi) is 6.74. The van der Waals surface area contributed by atoms with E-state index < -0.39 is 0 Å². The Morgan fingerprint density at radius 1 is 1.22 bits per heavy atom. The summed E-state index contributed by atoms with van der Waals surface area (Å²) in [5.41, 5.74) is 2.80. The second-order valence-corrected chi connectivity index (χ2v) is 7.98. The number of halogens is 1. The summed E-state index contributed by atoms with van der Waals surface area (Å²) in [6, 6.07) is 11.2. The van der Waals surface area contributed by atoms with Crippen molar-refractivity contribution in [2.75, 3.05) is 37.0 Å². The average molecular weight is 450 g/mol. The minimum absolute atomic E-state index is 0.174. The van der Waals surface area contributed by atoms with Gasteiger partial charge in [0.15, 0.2) is 17.3 Å². The van der Waals surface area contributed by atoms with Gasteiger partial charge in [-0.2, -0.15) is 0 Å². The molecule has 4 rings (SSSR count). The fraction of sp³-hybridized carbons (Fsp3) is 0.292. The van der Waals surface area contributed by atoms with Gasteiger partial charge in [-0.3, -0.25) is 0 Å². The summed E-state index contributed by atoms with van der Waals surface area (Å²) in [5.74, 6) is 2.05. The fourth-order valence-corrected chi connectivity index (χ4v) is 4.12. The van der Waals surface area contributed by atoms with Gasteiger partial charge in [0.1, 0.15) is 5.75 Å². The average Bonchev–Trinajstić information content (AvgIpc) is 2.83. The molecular weight excluding hydrogens is 426 g/mol. The number of ether oxygens (including phenoxy) is 1. The van der Waals surface area contributed by atoms with Crippen molar-refractivity contribution in [3.8, 4) is 5.75 Å². The second-order valence-electron chi connectivity index (χ2n) is 7.57. The van der Waals surface area contributed by atoms with Gasteiger partial charge in [-0.1, -0.05) is 41.4 Å². The fourth-order valence-electron chi connectivity index (χ4n) is 3.84. The maximum Gasteiger partial charge on any atom is 0.188 e. The van der Waals surface area contributed by atoms with Crippen molar-refractivity contribution in [2.24, 2.45) is 0 Å². The molecular formula is C24H24ClN5O2. The summed E-state index contributed by atoms with van der Waals surface area (Å²) in [7, 11) is 1.59. The highest BCUT2D eigenvalue weighted by molar-refractivity contribution is 6.32. The van der Waals surface area contributed by atoms with E-state index in [2.05, 4.69) is 31.3 Å². The van der Waals surface area contributed by atoms with Crippen molar-refractivity contribution in [1.29, 1.82) is 0 Å². The predicted molar refractivity (Wildman–Crippen MR) is 128 cm³/mol. The Bertz CT molecular complexity index is 1200. The molecule has 0 radical (unpaired) electrons. The zero-order valence-corrected chi connectivity index (χ0v) is 18.6. The highest BCUT2D eigenvalue weighted by Crippen LogP contribution is 2.33. The third kappa shape index (κ3) is 4.62. The van der Waals surface area contributed by atoms with Gasteiger partial charge in [0, 0.05) is 37.0 Å². The van der Waals surface area contributed by atoms with E-state index in [1.807, 2.05) is 36.4 Å². The predicted octanol–water partition coefficient (Wildman–Crippen LogP) is 4.97. The van der Waals surface area contributed by atoms with Gasteiger partial charge in [0.2, 0.25) is 0 Å². The molecule has 0 atom stereocenters. The van der Waals surface area contributed by atoms with Crippen LogP contribution in [0.25, 0.3) is 15.6 Å². The quantitative estimate of drug-likeness (QED) is 0.391. The smallest absolute Gasteiger partial charge is 0.188 e. The standard InChI is InChI=1S/C24H24ClN5O2/c1-26-18-4-5-19-20(14-18)23(27-15-17-3-6-22(32-2)21(25)13-17)28-29-24(19)30-10-7-16(8-11-30)9-12-31/h3-7,13-14,31H,8-12,15H2,2H3,(H,27,28). The number of hydrogen-bond acceptors (Lipinski definition) is 6. The molecule has 1 aliphatic heterocycles. The Morgan fingerprint density at radius 3 is 2.78 bits per heavy atom. The SMILES string of the molecule is [C-]#[N+]c1ccc2c(N3CC=C(CCO)CC3)nnc(NCc3ccc(OC)c(Cl)c3)c2c1. The number of benzene rings is 2. The number of nitrogens with one attached hydrogen (secondary N) is 1. The third-order valence-corrected chi connectivity index (χ3v) is 5.88. The molecule has 0 amide bonds. The van der Waals surface area contributed by atoms with E-state index in [1.54, 1.807) is 7.11 Å². The molecule has 164 valence electrons. The van der Waals surface area contributed by atoms with E-state index in [1.165, 1.54) is 5.57 Å². The summed E-state index contributed by atoms with van der Waals surface area (Å²) >= 11 is 6.24. The normalized spacial score (nSPS) is 13.6. The minimum atomic E-state index is 0.174. The molecule has 1 aliphatic rings. The number of aromatic nitrogens is 2. The van der Waals surface area contributed by atoms with Gasteiger partial charge in [-0.15, -0.1) is 10.2 Å². The Morgan fingerprint density at radius 2 is 2.09 bits per heavy atom. The molecule has 2 N–H and O–H groups in total. The lowest BCUT2D eigenvalue weighted by Crippen LogP contribution is -2.30. The monoisotopic (exact) mass is 449 g/mol. The molecule has 0 aliphatic carbocycles. The zero-order chi connectivity index (χ0) is 22.5. The maximum atomic E-state index is 9.18. The van der Waals surface area contributed by atoms with Crippen LogP contribution >= 0.6 is 11.6 Å². The van der Waals surface area contributed by atoms with Gasteiger partial charge in [0.25, 0.3) is 0 Å². The molecule has 0 bridgehead atoms. The molecule has 0 saturated heterocycles. The van der Waals surface area contributed by atoms with Gasteiger partial charge in [0.05, 0.1) is 18.7 Å². The molecule has 2 heterocycles. The number of aliphatic hydroxyl groups excluding tert-OH is 1. The van der Waals surface area contributed by atoms with E-state index in [0.29, 0.717) is 35.2 Å². The van der Waals surface area contributed by atoms with E-state index in [4.69, 9.17) is 22.9 Å². The van der Waals surface area contributed by atoms with Crippen LogP contribution < -0.4 is 15.0 Å². The number of nitrogens with zero attached hydrogens (tertiary/aromatic N) is 4. The molecule has 3 aromatic rings.